The van der Waals surface area contributed by atoms with Crippen molar-refractivity contribution in [2.45, 2.75) is 83.1 Å². The molecule has 1 N–H and O–H groups in total. The number of ether oxygens (including phenoxy) is 2. The maximum Gasteiger partial charge on any atom is 0.332 e. The number of fused-ring (bicyclic) bond motifs is 1. The number of hydrogen-bond donors (Lipinski definition) is 1. The highest BCUT2D eigenvalue weighted by Gasteiger charge is 2.61. The zero-order valence-corrected chi connectivity index (χ0v) is 21.5. The molecule has 3 rings (SSSR count). The zero-order chi connectivity index (χ0) is 24.7. The Bertz CT molecular complexity index is 908. The highest BCUT2D eigenvalue weighted by molar-refractivity contribution is 6.74. The molecule has 2 saturated heterocycles. The number of hydrogen-bond acceptors (Lipinski definition) is 7. The van der Waals surface area contributed by atoms with E-state index in [0.29, 0.717) is 5.75 Å². The summed E-state index contributed by atoms with van der Waals surface area (Å²) >= 11 is 0. The molecule has 2 heterocycles. The minimum atomic E-state index is -2.13. The molecule has 33 heavy (non-hydrogen) atoms. The molecule has 1 amide bonds. The van der Waals surface area contributed by atoms with E-state index >= 15 is 0 Å². The quantitative estimate of drug-likeness (QED) is 0.366. The number of aliphatic hydroxyl groups excluding tert-OH is 1. The van der Waals surface area contributed by atoms with E-state index in [1.54, 1.807) is 31.4 Å². The van der Waals surface area contributed by atoms with E-state index in [0.717, 1.165) is 5.56 Å². The third-order valence-corrected chi connectivity index (χ3v) is 11.8. The van der Waals surface area contributed by atoms with Crippen LogP contribution in [-0.4, -0.2) is 67.4 Å². The fraction of sp³-hybridized carbons (Fsp3) is 0.625. The summed E-state index contributed by atoms with van der Waals surface area (Å²) in [5.41, 5.74) is 0.724. The molecule has 0 aliphatic carbocycles. The first-order valence-electron chi connectivity index (χ1n) is 11.3. The molecule has 5 atom stereocenters. The van der Waals surface area contributed by atoms with E-state index in [1.165, 1.54) is 4.90 Å². The van der Waals surface area contributed by atoms with E-state index < -0.39 is 50.3 Å². The molecule has 0 saturated carbocycles. The van der Waals surface area contributed by atoms with Gasteiger partial charge in [-0.05, 0) is 42.8 Å². The van der Waals surface area contributed by atoms with Crippen LogP contribution in [0, 0.1) is 5.92 Å². The highest BCUT2D eigenvalue weighted by atomic mass is 28.4. The smallest absolute Gasteiger partial charge is 0.332 e. The Labute approximate surface area is 196 Å². The monoisotopic (exact) mass is 477 g/mol. The van der Waals surface area contributed by atoms with E-state index in [4.69, 9.17) is 13.9 Å². The lowest BCUT2D eigenvalue weighted by molar-refractivity contribution is -0.193. The standard InChI is InChI=1S/C24H35NO7Si/c1-14(32-33(6,7)24(2,3)4)19-17-12-18(26)21(27)20(25(17)22(19)28)23(29)31-13-15-8-10-16(30-5)11-9-15/h8-11,14,17,19-21,27H,12-13H2,1-7H3/t14-,17-,19-,20+,21+/m1/s1. The van der Waals surface area contributed by atoms with Crippen LogP contribution in [-0.2, 0) is 30.2 Å². The maximum absolute atomic E-state index is 13.1. The predicted molar refractivity (Wildman–Crippen MR) is 124 cm³/mol. The number of amides is 1. The summed E-state index contributed by atoms with van der Waals surface area (Å²) in [6.07, 6.45) is -1.98. The average molecular weight is 478 g/mol. The van der Waals surface area contributed by atoms with Gasteiger partial charge in [0, 0.05) is 6.42 Å². The van der Waals surface area contributed by atoms with Gasteiger partial charge >= 0.3 is 5.97 Å². The number of nitrogens with zero attached hydrogens (tertiary/aromatic N) is 1. The van der Waals surface area contributed by atoms with Crippen LogP contribution in [0.25, 0.3) is 0 Å². The summed E-state index contributed by atoms with van der Waals surface area (Å²) < 4.78 is 16.9. The number of benzene rings is 1. The van der Waals surface area contributed by atoms with Gasteiger partial charge in [-0.2, -0.15) is 0 Å². The van der Waals surface area contributed by atoms with Crippen molar-refractivity contribution in [1.29, 1.82) is 0 Å². The molecule has 2 aliphatic rings. The molecular formula is C24H35NO7Si. The summed E-state index contributed by atoms with van der Waals surface area (Å²) in [5, 5.41) is 10.4. The van der Waals surface area contributed by atoms with Crippen molar-refractivity contribution in [3.8, 4) is 5.75 Å². The second-order valence-corrected chi connectivity index (χ2v) is 15.2. The molecule has 8 nitrogen and oxygen atoms in total. The Hall–Kier alpha value is -2.23. The van der Waals surface area contributed by atoms with E-state index in [1.807, 2.05) is 6.92 Å². The van der Waals surface area contributed by atoms with Gasteiger partial charge in [0.25, 0.3) is 0 Å². The lowest BCUT2D eigenvalue weighted by atomic mass is 9.74. The van der Waals surface area contributed by atoms with Gasteiger partial charge in [0.05, 0.1) is 25.2 Å². The Morgan fingerprint density at radius 3 is 2.36 bits per heavy atom. The Balaban J connectivity index is 1.71. The van der Waals surface area contributed by atoms with Gasteiger partial charge in [-0.3, -0.25) is 9.59 Å². The largest absolute Gasteiger partial charge is 0.497 e. The van der Waals surface area contributed by atoms with Crippen molar-refractivity contribution >= 4 is 26.0 Å². The van der Waals surface area contributed by atoms with Crippen molar-refractivity contribution in [3.05, 3.63) is 29.8 Å². The minimum Gasteiger partial charge on any atom is -0.497 e. The van der Waals surface area contributed by atoms with Gasteiger partial charge in [0.2, 0.25) is 5.91 Å². The van der Waals surface area contributed by atoms with Gasteiger partial charge in [-0.25, -0.2) is 4.79 Å². The Kier molecular flexibility index (Phi) is 7.07. The fourth-order valence-corrected chi connectivity index (χ4v) is 5.68. The lowest BCUT2D eigenvalue weighted by Crippen LogP contribution is -2.75. The van der Waals surface area contributed by atoms with Crippen LogP contribution in [0.2, 0.25) is 18.1 Å². The van der Waals surface area contributed by atoms with Crippen molar-refractivity contribution in [3.63, 3.8) is 0 Å². The first kappa shape index (κ1) is 25.4. The Morgan fingerprint density at radius 2 is 1.82 bits per heavy atom. The van der Waals surface area contributed by atoms with E-state index in [-0.39, 0.29) is 24.0 Å². The SMILES string of the molecule is COc1ccc(COC(=O)[C@@H]2[C@@H](O)C(=O)C[C@@H]3[C@@H]([C@@H](C)O[Si](C)(C)C(C)(C)C)C(=O)N32)cc1. The number of Topliss-reactive ketones (excluding diaryl/α,β-unsaturated/α-hetero) is 1. The minimum absolute atomic E-state index is 0.00500. The maximum atomic E-state index is 13.1. The number of carbonyl (C=O) groups excluding carboxylic acids is 3. The summed E-state index contributed by atoms with van der Waals surface area (Å²) in [4.78, 5) is 39.8. The summed E-state index contributed by atoms with van der Waals surface area (Å²) in [6.45, 7) is 12.4. The third kappa shape index (κ3) is 4.85. The van der Waals surface area contributed by atoms with Gasteiger partial charge in [-0.15, -0.1) is 0 Å². The number of esters is 1. The molecule has 1 aromatic rings. The summed E-state index contributed by atoms with van der Waals surface area (Å²) in [6, 6.07) is 5.17. The van der Waals surface area contributed by atoms with Crippen molar-refractivity contribution in [2.24, 2.45) is 5.92 Å². The summed E-state index contributed by atoms with van der Waals surface area (Å²) in [7, 11) is -0.573. The highest BCUT2D eigenvalue weighted by Crippen LogP contribution is 2.43. The molecule has 0 spiro atoms. The van der Waals surface area contributed by atoms with Crippen molar-refractivity contribution < 1.29 is 33.4 Å². The van der Waals surface area contributed by atoms with Crippen LogP contribution in [0.4, 0.5) is 0 Å². The van der Waals surface area contributed by atoms with E-state index in [2.05, 4.69) is 33.9 Å². The Morgan fingerprint density at radius 1 is 1.21 bits per heavy atom. The van der Waals surface area contributed by atoms with Gasteiger partial charge in [0.15, 0.2) is 20.1 Å². The molecule has 2 fully saturated rings. The second kappa shape index (κ2) is 9.19. The van der Waals surface area contributed by atoms with Crippen LogP contribution >= 0.6 is 0 Å². The molecule has 0 radical (unpaired) electrons. The van der Waals surface area contributed by atoms with Crippen LogP contribution in [0.3, 0.4) is 0 Å². The first-order valence-corrected chi connectivity index (χ1v) is 14.2. The molecule has 2 aliphatic heterocycles. The summed E-state index contributed by atoms with van der Waals surface area (Å²) in [5.74, 6) is -1.38. The van der Waals surface area contributed by atoms with Gasteiger partial charge in [-0.1, -0.05) is 32.9 Å². The predicted octanol–water partition coefficient (Wildman–Crippen LogP) is 2.68. The molecule has 9 heteroatoms. The van der Waals surface area contributed by atoms with Crippen LogP contribution < -0.4 is 4.74 Å². The first-order chi connectivity index (χ1) is 15.3. The van der Waals surface area contributed by atoms with Crippen LogP contribution in [0.15, 0.2) is 24.3 Å². The number of carbonyl (C=O) groups is 3. The lowest BCUT2D eigenvalue weighted by Gasteiger charge is -2.56. The molecule has 0 unspecified atom stereocenters. The fourth-order valence-electron chi connectivity index (χ4n) is 4.25. The van der Waals surface area contributed by atoms with Crippen molar-refractivity contribution in [1.82, 2.24) is 4.90 Å². The van der Waals surface area contributed by atoms with Crippen molar-refractivity contribution in [2.75, 3.05) is 7.11 Å². The molecule has 0 bridgehead atoms. The number of piperidine rings is 1. The van der Waals surface area contributed by atoms with Crippen LogP contribution in [0.5, 0.6) is 5.75 Å². The van der Waals surface area contributed by atoms with Gasteiger partial charge < -0.3 is 23.9 Å². The number of aliphatic hydroxyl groups is 1. The molecule has 182 valence electrons. The topological polar surface area (TPSA) is 102 Å². The van der Waals surface area contributed by atoms with E-state index in [9.17, 15) is 19.5 Å². The molecular weight excluding hydrogens is 442 g/mol. The number of ketones is 1. The molecule has 0 aromatic heterocycles. The number of rotatable bonds is 7. The molecule has 1 aromatic carbocycles. The normalized spacial score (nSPS) is 26.4. The van der Waals surface area contributed by atoms with Crippen LogP contribution in [0.1, 0.15) is 39.7 Å². The third-order valence-electron chi connectivity index (χ3n) is 7.22. The van der Waals surface area contributed by atoms with Gasteiger partial charge in [0.1, 0.15) is 18.5 Å². The zero-order valence-electron chi connectivity index (χ0n) is 20.5. The second-order valence-electron chi connectivity index (χ2n) is 10.4. The average Bonchev–Trinajstić information content (AvgIpc) is 2.73. The number of β-lactam (4-membered cyclic amide) rings is 1. The number of methoxy groups -OCH3 is 1.